The van der Waals surface area contributed by atoms with Gasteiger partial charge in [-0.2, -0.15) is 5.26 Å². The molecule has 1 aliphatic carbocycles. The third-order valence-electron chi connectivity index (χ3n) is 7.49. The molecule has 7 rings (SSSR count). The molecule has 0 unspecified atom stereocenters. The van der Waals surface area contributed by atoms with Gasteiger partial charge in [0.1, 0.15) is 18.0 Å². The molecule has 3 aromatic heterocycles. The molecule has 3 heterocycles. The van der Waals surface area contributed by atoms with Gasteiger partial charge in [-0.3, -0.25) is 9.36 Å². The van der Waals surface area contributed by atoms with E-state index in [0.717, 1.165) is 23.7 Å². The number of ether oxygens (including phenoxy) is 1. The number of anilines is 1. The third kappa shape index (κ3) is 4.47. The Labute approximate surface area is 240 Å². The number of hydrogen-bond acceptors (Lipinski definition) is 9. The Bertz CT molecular complexity index is 2050. The SMILES string of the molecule is COc1ncc(-c2cccc3nc([C@@H](Nc4ncnc5ccc(C#N)cc45)C4CC4)n(-c4ccccc4)c(=O)c23)cn1. The quantitative estimate of drug-likeness (QED) is 0.283. The molecule has 204 valence electrons. The van der Waals surface area contributed by atoms with Crippen LogP contribution in [0.3, 0.4) is 0 Å². The van der Waals surface area contributed by atoms with Crippen LogP contribution in [0.5, 0.6) is 6.01 Å². The van der Waals surface area contributed by atoms with Gasteiger partial charge in [0, 0.05) is 23.3 Å². The highest BCUT2D eigenvalue weighted by Crippen LogP contribution is 2.43. The van der Waals surface area contributed by atoms with E-state index in [1.54, 1.807) is 29.1 Å². The molecule has 0 aliphatic heterocycles. The summed E-state index contributed by atoms with van der Waals surface area (Å²) in [7, 11) is 1.51. The number of methoxy groups -OCH3 is 1. The lowest BCUT2D eigenvalue weighted by Crippen LogP contribution is -2.29. The predicted molar refractivity (Wildman–Crippen MR) is 158 cm³/mol. The molecule has 3 aromatic carbocycles. The van der Waals surface area contributed by atoms with E-state index in [-0.39, 0.29) is 23.5 Å². The first-order valence-electron chi connectivity index (χ1n) is 13.5. The number of rotatable bonds is 7. The molecule has 10 nitrogen and oxygen atoms in total. The topological polar surface area (TPSA) is 132 Å². The molecule has 0 amide bonds. The fraction of sp³-hybridized carbons (Fsp3) is 0.156. The standard InChI is InChI=1S/C32H24N8O2/c1-42-32-34-16-21(17-35-32)23-8-5-9-26-27(23)31(41)40(22-6-3-2-4-7-22)30(38-26)28(20-11-12-20)39-29-24-14-19(15-33)10-13-25(24)36-18-37-29/h2-10,13-14,16-18,20,28H,11-12H2,1H3,(H,36,37,39)/t28-/m0/s1. The summed E-state index contributed by atoms with van der Waals surface area (Å²) in [6.45, 7) is 0. The smallest absolute Gasteiger partial charge is 0.316 e. The minimum atomic E-state index is -0.320. The van der Waals surface area contributed by atoms with Crippen LogP contribution in [-0.4, -0.2) is 36.6 Å². The zero-order chi connectivity index (χ0) is 28.6. The molecule has 0 radical (unpaired) electrons. The Kier molecular flexibility index (Phi) is 6.24. The first-order chi connectivity index (χ1) is 20.6. The van der Waals surface area contributed by atoms with E-state index >= 15 is 0 Å². The number of nitrogens with zero attached hydrogens (tertiary/aromatic N) is 7. The second-order valence-electron chi connectivity index (χ2n) is 10.1. The number of aromatic nitrogens is 6. The van der Waals surface area contributed by atoms with E-state index in [4.69, 9.17) is 9.72 Å². The number of fused-ring (bicyclic) bond motifs is 2. The van der Waals surface area contributed by atoms with E-state index < -0.39 is 0 Å². The van der Waals surface area contributed by atoms with Crippen LogP contribution in [0.1, 0.15) is 30.3 Å². The minimum absolute atomic E-state index is 0.195. The molecule has 0 spiro atoms. The molecule has 0 bridgehead atoms. The van der Waals surface area contributed by atoms with Crippen molar-refractivity contribution in [3.63, 3.8) is 0 Å². The fourth-order valence-corrected chi connectivity index (χ4v) is 5.30. The van der Waals surface area contributed by atoms with Gasteiger partial charge in [-0.15, -0.1) is 0 Å². The van der Waals surface area contributed by atoms with Crippen molar-refractivity contribution >= 4 is 27.6 Å². The van der Waals surface area contributed by atoms with Crippen molar-refractivity contribution in [2.45, 2.75) is 18.9 Å². The molecule has 10 heteroatoms. The second-order valence-corrected chi connectivity index (χ2v) is 10.1. The Morgan fingerprint density at radius 2 is 1.79 bits per heavy atom. The van der Waals surface area contributed by atoms with Crippen LogP contribution in [0.25, 0.3) is 38.6 Å². The maximum Gasteiger partial charge on any atom is 0.316 e. The van der Waals surface area contributed by atoms with Gasteiger partial charge < -0.3 is 10.1 Å². The van der Waals surface area contributed by atoms with Crippen LogP contribution < -0.4 is 15.6 Å². The lowest BCUT2D eigenvalue weighted by molar-refractivity contribution is 0.380. The summed E-state index contributed by atoms with van der Waals surface area (Å²) in [6.07, 6.45) is 6.75. The van der Waals surface area contributed by atoms with Gasteiger partial charge in [-0.05, 0) is 60.7 Å². The van der Waals surface area contributed by atoms with E-state index in [0.29, 0.717) is 44.9 Å². The lowest BCUT2D eigenvalue weighted by atomic mass is 10.0. The molecular formula is C32H24N8O2. The van der Waals surface area contributed by atoms with Gasteiger partial charge in [-0.1, -0.05) is 30.3 Å². The first kappa shape index (κ1) is 25.3. The zero-order valence-electron chi connectivity index (χ0n) is 22.6. The normalized spacial score (nSPS) is 13.5. The van der Waals surface area contributed by atoms with Crippen molar-refractivity contribution < 1.29 is 4.74 Å². The highest BCUT2D eigenvalue weighted by atomic mass is 16.5. The van der Waals surface area contributed by atoms with Crippen molar-refractivity contribution in [2.24, 2.45) is 5.92 Å². The van der Waals surface area contributed by atoms with Crippen molar-refractivity contribution in [1.29, 1.82) is 5.26 Å². The summed E-state index contributed by atoms with van der Waals surface area (Å²) in [6, 6.07) is 22.6. The minimum Gasteiger partial charge on any atom is -0.467 e. The summed E-state index contributed by atoms with van der Waals surface area (Å²) in [4.78, 5) is 37.1. The van der Waals surface area contributed by atoms with Crippen molar-refractivity contribution in [3.05, 3.63) is 107 Å². The summed E-state index contributed by atoms with van der Waals surface area (Å²) in [5.41, 5.74) is 3.69. The van der Waals surface area contributed by atoms with Crippen LogP contribution in [-0.2, 0) is 0 Å². The number of hydrogen-bond donors (Lipinski definition) is 1. The number of nitriles is 1. The van der Waals surface area contributed by atoms with Crippen LogP contribution in [0.4, 0.5) is 5.82 Å². The molecule has 42 heavy (non-hydrogen) atoms. The van der Waals surface area contributed by atoms with Crippen LogP contribution in [0.2, 0.25) is 0 Å². The van der Waals surface area contributed by atoms with E-state index in [1.165, 1.54) is 13.4 Å². The van der Waals surface area contributed by atoms with Crippen LogP contribution >= 0.6 is 0 Å². The van der Waals surface area contributed by atoms with Gasteiger partial charge in [0.25, 0.3) is 5.56 Å². The number of nitrogens with one attached hydrogen (secondary N) is 1. The van der Waals surface area contributed by atoms with Crippen molar-refractivity contribution in [3.8, 4) is 28.9 Å². The summed E-state index contributed by atoms with van der Waals surface area (Å²) >= 11 is 0. The highest BCUT2D eigenvalue weighted by molar-refractivity contribution is 5.94. The predicted octanol–water partition coefficient (Wildman–Crippen LogP) is 5.23. The summed E-state index contributed by atoms with van der Waals surface area (Å²) < 4.78 is 6.81. The Morgan fingerprint density at radius 3 is 2.52 bits per heavy atom. The molecular weight excluding hydrogens is 528 g/mol. The zero-order valence-corrected chi connectivity index (χ0v) is 22.6. The molecule has 1 N–H and O–H groups in total. The average Bonchev–Trinajstić information content (AvgIpc) is 3.89. The number of benzene rings is 3. The average molecular weight is 553 g/mol. The van der Waals surface area contributed by atoms with Gasteiger partial charge in [0.15, 0.2) is 0 Å². The second kappa shape index (κ2) is 10.4. The molecule has 1 atom stereocenters. The maximum atomic E-state index is 14.5. The summed E-state index contributed by atoms with van der Waals surface area (Å²) in [5.74, 6) is 1.42. The van der Waals surface area contributed by atoms with Gasteiger partial charge in [0.05, 0.1) is 46.9 Å². The first-order valence-corrected chi connectivity index (χ1v) is 13.5. The monoisotopic (exact) mass is 552 g/mol. The highest BCUT2D eigenvalue weighted by Gasteiger charge is 2.37. The molecule has 1 aliphatic rings. The van der Waals surface area contributed by atoms with Gasteiger partial charge in [-0.25, -0.2) is 24.9 Å². The third-order valence-corrected chi connectivity index (χ3v) is 7.49. The van der Waals surface area contributed by atoms with Gasteiger partial charge >= 0.3 is 6.01 Å². The van der Waals surface area contributed by atoms with Crippen LogP contribution in [0.15, 0.2) is 90.2 Å². The molecule has 6 aromatic rings. The van der Waals surface area contributed by atoms with Crippen molar-refractivity contribution in [2.75, 3.05) is 12.4 Å². The molecule has 0 saturated heterocycles. The Balaban J connectivity index is 1.45. The lowest BCUT2D eigenvalue weighted by Gasteiger charge is -2.24. The van der Waals surface area contributed by atoms with Crippen molar-refractivity contribution in [1.82, 2.24) is 29.5 Å². The molecule has 1 saturated carbocycles. The largest absolute Gasteiger partial charge is 0.467 e. The van der Waals surface area contributed by atoms with Gasteiger partial charge in [0.2, 0.25) is 0 Å². The van der Waals surface area contributed by atoms with E-state index in [1.807, 2.05) is 54.6 Å². The Hall–Kier alpha value is -5.69. The maximum absolute atomic E-state index is 14.5. The Morgan fingerprint density at radius 1 is 0.976 bits per heavy atom. The van der Waals surface area contributed by atoms with E-state index in [9.17, 15) is 10.1 Å². The summed E-state index contributed by atoms with van der Waals surface area (Å²) in [5, 5.41) is 14.3. The molecule has 1 fully saturated rings. The van der Waals surface area contributed by atoms with E-state index in [2.05, 4.69) is 31.3 Å². The number of para-hydroxylation sites is 1. The fourth-order valence-electron chi connectivity index (χ4n) is 5.30. The van der Waals surface area contributed by atoms with Crippen LogP contribution in [0, 0.1) is 17.2 Å².